The molecular formula is C12H18O4. The number of ether oxygens (including phenoxy) is 1. The molecule has 1 aliphatic carbocycles. The van der Waals surface area contributed by atoms with Crippen LogP contribution in [-0.4, -0.2) is 23.7 Å². The highest BCUT2D eigenvalue weighted by Gasteiger charge is 2.61. The van der Waals surface area contributed by atoms with E-state index in [9.17, 15) is 9.59 Å². The van der Waals surface area contributed by atoms with Crippen LogP contribution in [0.2, 0.25) is 0 Å². The number of carbonyl (C=O) groups excluding carboxylic acids is 1. The topological polar surface area (TPSA) is 63.6 Å². The van der Waals surface area contributed by atoms with Gasteiger partial charge in [0.05, 0.1) is 12.5 Å². The lowest BCUT2D eigenvalue weighted by Gasteiger charge is -2.02. The molecule has 1 N–H and O–H groups in total. The van der Waals surface area contributed by atoms with E-state index in [1.165, 1.54) is 0 Å². The lowest BCUT2D eigenvalue weighted by molar-refractivity contribution is -0.140. The summed E-state index contributed by atoms with van der Waals surface area (Å²) in [5.41, 5.74) is 0.225. The van der Waals surface area contributed by atoms with Crippen molar-refractivity contribution in [1.29, 1.82) is 0 Å². The number of esters is 1. The van der Waals surface area contributed by atoms with E-state index in [4.69, 9.17) is 9.84 Å². The van der Waals surface area contributed by atoms with Crippen molar-refractivity contribution in [1.82, 2.24) is 0 Å². The minimum absolute atomic E-state index is 0.0746. The first-order chi connectivity index (χ1) is 7.32. The first-order valence-electron chi connectivity index (χ1n) is 5.40. The predicted octanol–water partition coefficient (Wildman–Crippen LogP) is 1.85. The summed E-state index contributed by atoms with van der Waals surface area (Å²) in [4.78, 5) is 22.3. The van der Waals surface area contributed by atoms with Crippen LogP contribution < -0.4 is 0 Å². The average Bonchev–Trinajstić information content (AvgIpc) is 2.68. The fourth-order valence-corrected chi connectivity index (χ4v) is 2.04. The van der Waals surface area contributed by atoms with Crippen LogP contribution in [0.4, 0.5) is 0 Å². The Morgan fingerprint density at radius 2 is 2.00 bits per heavy atom. The molecule has 0 amide bonds. The molecule has 0 aromatic rings. The highest BCUT2D eigenvalue weighted by molar-refractivity contribution is 5.88. The fraction of sp³-hybridized carbons (Fsp3) is 0.667. The van der Waals surface area contributed by atoms with E-state index in [-0.39, 0.29) is 17.3 Å². The van der Waals surface area contributed by atoms with Crippen LogP contribution in [0.15, 0.2) is 11.6 Å². The van der Waals surface area contributed by atoms with Gasteiger partial charge < -0.3 is 9.84 Å². The van der Waals surface area contributed by atoms with Gasteiger partial charge in [0.1, 0.15) is 0 Å². The highest BCUT2D eigenvalue weighted by atomic mass is 16.5. The van der Waals surface area contributed by atoms with E-state index in [0.717, 1.165) is 0 Å². The molecule has 0 aromatic heterocycles. The number of carboxylic acid groups (broad SMARTS) is 1. The van der Waals surface area contributed by atoms with E-state index in [1.54, 1.807) is 19.9 Å². The van der Waals surface area contributed by atoms with Gasteiger partial charge in [0.2, 0.25) is 0 Å². The molecule has 2 unspecified atom stereocenters. The zero-order valence-corrected chi connectivity index (χ0v) is 10.1. The largest absolute Gasteiger partial charge is 0.481 e. The normalized spacial score (nSPS) is 27.4. The monoisotopic (exact) mass is 226 g/mol. The number of aliphatic carboxylic acids is 1. The van der Waals surface area contributed by atoms with E-state index >= 15 is 0 Å². The number of carbonyl (C=O) groups is 2. The molecule has 1 rings (SSSR count). The van der Waals surface area contributed by atoms with Crippen LogP contribution in [0.1, 0.15) is 27.7 Å². The Morgan fingerprint density at radius 1 is 1.44 bits per heavy atom. The fourth-order valence-electron chi connectivity index (χ4n) is 2.04. The maximum absolute atomic E-state index is 11.4. The van der Waals surface area contributed by atoms with Gasteiger partial charge in [0, 0.05) is 5.57 Å². The molecule has 4 heteroatoms. The zero-order chi connectivity index (χ0) is 12.5. The van der Waals surface area contributed by atoms with Crippen LogP contribution in [0.25, 0.3) is 0 Å². The molecule has 1 saturated carbocycles. The van der Waals surface area contributed by atoms with Crippen LogP contribution in [0.3, 0.4) is 0 Å². The molecule has 0 bridgehead atoms. The second-order valence-corrected chi connectivity index (χ2v) is 4.73. The summed E-state index contributed by atoms with van der Waals surface area (Å²) in [6.45, 7) is 7.52. The average molecular weight is 226 g/mol. The SMILES string of the molecule is CCOC(=O)C(C)=CC1C(C(=O)O)C1(C)C. The maximum Gasteiger partial charge on any atom is 0.333 e. The molecule has 16 heavy (non-hydrogen) atoms. The van der Waals surface area contributed by atoms with Gasteiger partial charge in [-0.05, 0) is 25.2 Å². The van der Waals surface area contributed by atoms with Crippen LogP contribution in [0.5, 0.6) is 0 Å². The van der Waals surface area contributed by atoms with Crippen molar-refractivity contribution in [2.24, 2.45) is 17.3 Å². The van der Waals surface area contributed by atoms with E-state index < -0.39 is 11.9 Å². The molecule has 0 aromatic carbocycles. The van der Waals surface area contributed by atoms with Crippen LogP contribution >= 0.6 is 0 Å². The van der Waals surface area contributed by atoms with Crippen molar-refractivity contribution >= 4 is 11.9 Å². The van der Waals surface area contributed by atoms with Crippen molar-refractivity contribution in [2.75, 3.05) is 6.61 Å². The van der Waals surface area contributed by atoms with Crippen LogP contribution in [0, 0.1) is 17.3 Å². The summed E-state index contributed by atoms with van der Waals surface area (Å²) >= 11 is 0. The minimum Gasteiger partial charge on any atom is -0.481 e. The summed E-state index contributed by atoms with van der Waals surface area (Å²) < 4.78 is 4.84. The summed E-state index contributed by atoms with van der Waals surface area (Å²) in [6, 6.07) is 0. The molecule has 0 aliphatic heterocycles. The van der Waals surface area contributed by atoms with Gasteiger partial charge in [-0.25, -0.2) is 4.79 Å². The summed E-state index contributed by atoms with van der Waals surface area (Å²) in [5, 5.41) is 8.97. The number of allylic oxidation sites excluding steroid dienone is 1. The van der Waals surface area contributed by atoms with Crippen molar-refractivity contribution in [2.45, 2.75) is 27.7 Å². The summed E-state index contributed by atoms with van der Waals surface area (Å²) in [6.07, 6.45) is 1.72. The summed E-state index contributed by atoms with van der Waals surface area (Å²) in [7, 11) is 0. The van der Waals surface area contributed by atoms with Crippen molar-refractivity contribution in [3.8, 4) is 0 Å². The Labute approximate surface area is 95.3 Å². The van der Waals surface area contributed by atoms with Crippen molar-refractivity contribution in [3.05, 3.63) is 11.6 Å². The van der Waals surface area contributed by atoms with Crippen LogP contribution in [-0.2, 0) is 14.3 Å². The Morgan fingerprint density at radius 3 is 2.38 bits per heavy atom. The van der Waals surface area contributed by atoms with Gasteiger partial charge in [-0.3, -0.25) is 4.79 Å². The smallest absolute Gasteiger partial charge is 0.333 e. The molecule has 0 saturated heterocycles. The molecule has 0 radical (unpaired) electrons. The lowest BCUT2D eigenvalue weighted by Crippen LogP contribution is -2.06. The number of hydrogen-bond acceptors (Lipinski definition) is 3. The molecule has 2 atom stereocenters. The second kappa shape index (κ2) is 4.28. The van der Waals surface area contributed by atoms with Gasteiger partial charge in [-0.15, -0.1) is 0 Å². The third-order valence-electron chi connectivity index (χ3n) is 3.20. The molecular weight excluding hydrogens is 208 g/mol. The molecule has 1 fully saturated rings. The highest BCUT2D eigenvalue weighted by Crippen LogP contribution is 2.59. The van der Waals surface area contributed by atoms with E-state index in [0.29, 0.717) is 12.2 Å². The first kappa shape index (κ1) is 12.7. The van der Waals surface area contributed by atoms with Gasteiger partial charge in [0.15, 0.2) is 0 Å². The third-order valence-corrected chi connectivity index (χ3v) is 3.20. The quantitative estimate of drug-likeness (QED) is 0.587. The number of hydrogen-bond donors (Lipinski definition) is 1. The molecule has 0 spiro atoms. The molecule has 0 heterocycles. The standard InChI is InChI=1S/C12H18O4/c1-5-16-11(15)7(2)6-8-9(10(13)14)12(8,3)4/h6,8-9H,5H2,1-4H3,(H,13,14). The van der Waals surface area contributed by atoms with Gasteiger partial charge in [-0.2, -0.15) is 0 Å². The molecule has 1 aliphatic rings. The maximum atomic E-state index is 11.4. The Balaban J connectivity index is 2.72. The van der Waals surface area contributed by atoms with E-state index in [2.05, 4.69) is 0 Å². The minimum atomic E-state index is -0.803. The van der Waals surface area contributed by atoms with Crippen molar-refractivity contribution < 1.29 is 19.4 Å². The Kier molecular flexibility index (Phi) is 3.41. The Hall–Kier alpha value is -1.32. The van der Waals surface area contributed by atoms with E-state index in [1.807, 2.05) is 13.8 Å². The number of carboxylic acids is 1. The Bertz CT molecular complexity index is 341. The van der Waals surface area contributed by atoms with Gasteiger partial charge >= 0.3 is 11.9 Å². The lowest BCUT2D eigenvalue weighted by atomic mass is 10.1. The molecule has 90 valence electrons. The summed E-state index contributed by atoms with van der Waals surface area (Å²) in [5.74, 6) is -1.64. The van der Waals surface area contributed by atoms with Crippen molar-refractivity contribution in [3.63, 3.8) is 0 Å². The van der Waals surface area contributed by atoms with Gasteiger partial charge in [-0.1, -0.05) is 19.9 Å². The zero-order valence-electron chi connectivity index (χ0n) is 10.1. The second-order valence-electron chi connectivity index (χ2n) is 4.73. The first-order valence-corrected chi connectivity index (χ1v) is 5.40. The molecule has 4 nitrogen and oxygen atoms in total. The predicted molar refractivity (Wildman–Crippen MR) is 58.8 cm³/mol. The van der Waals surface area contributed by atoms with Gasteiger partial charge in [0.25, 0.3) is 0 Å². The number of rotatable bonds is 4. The third kappa shape index (κ3) is 2.26.